The molecule has 1 spiro atoms. The third-order valence-electron chi connectivity index (χ3n) is 13.1. The molecule has 5 aliphatic rings. The summed E-state index contributed by atoms with van der Waals surface area (Å²) >= 11 is 0. The summed E-state index contributed by atoms with van der Waals surface area (Å²) in [6.07, 6.45) is -3.21. The first-order valence-corrected chi connectivity index (χ1v) is 21.3. The van der Waals surface area contributed by atoms with E-state index < -0.39 is 98.3 Å². The number of amides is 4. The first-order valence-electron chi connectivity index (χ1n) is 19.8. The lowest BCUT2D eigenvalue weighted by atomic mass is 9.87. The summed E-state index contributed by atoms with van der Waals surface area (Å²) in [5.41, 5.74) is -4.59. The maximum absolute atomic E-state index is 15.3. The van der Waals surface area contributed by atoms with Crippen molar-refractivity contribution in [2.45, 2.75) is 144 Å². The van der Waals surface area contributed by atoms with E-state index in [1.54, 1.807) is 19.1 Å². The number of alkyl halides is 5. The number of pyridine rings is 1. The Labute approximate surface area is 338 Å². The number of aromatic nitrogens is 1. The fraction of sp³-hybridized carbons (Fsp3) is 0.625. The van der Waals surface area contributed by atoms with Gasteiger partial charge in [-0.05, 0) is 85.1 Å². The third kappa shape index (κ3) is 7.17. The number of halogens is 5. The van der Waals surface area contributed by atoms with Gasteiger partial charge < -0.3 is 20.1 Å². The topological polar surface area (TPSA) is 175 Å². The average Bonchev–Trinajstić information content (AvgIpc) is 4.04. The van der Waals surface area contributed by atoms with E-state index in [0.29, 0.717) is 69.3 Å². The molecule has 2 saturated carbocycles. The van der Waals surface area contributed by atoms with E-state index in [1.807, 2.05) is 24.3 Å². The van der Waals surface area contributed by atoms with Crippen LogP contribution in [0.25, 0.3) is 10.9 Å². The Hall–Kier alpha value is -4.55. The lowest BCUT2D eigenvalue weighted by Crippen LogP contribution is -2.69. The Morgan fingerprint density at radius 3 is 2.41 bits per heavy atom. The van der Waals surface area contributed by atoms with Crippen LogP contribution < -0.4 is 14.8 Å². The van der Waals surface area contributed by atoms with Crippen molar-refractivity contribution in [2.24, 2.45) is 5.92 Å². The molecule has 7 rings (SSSR count). The Morgan fingerprint density at radius 1 is 1.05 bits per heavy atom. The highest BCUT2D eigenvalue weighted by molar-refractivity contribution is 7.91. The molecule has 0 unspecified atom stereocenters. The minimum atomic E-state index is -6.20. The predicted molar refractivity (Wildman–Crippen MR) is 203 cm³/mol. The van der Waals surface area contributed by atoms with Crippen LogP contribution in [0.4, 0.5) is 26.7 Å². The number of carboxylic acid groups (broad SMARTS) is 1. The SMILES string of the molecule is Cc1nc2ccccc2c2c1O[C@]1(CC2)C[C@H]2C(=O)N[C@]3(C(=O)NS(=O)(=O)C4(C)CC4)C[C@H]3/C=C\CCCCC[C@H](N(C(=O)O)C(C)(C)C(F)(F)C(F)(F)F)C(=O)N2C1. The van der Waals surface area contributed by atoms with Gasteiger partial charge in [-0.2, -0.15) is 22.0 Å². The smallest absolute Gasteiger partial charge is 0.455 e. The van der Waals surface area contributed by atoms with Crippen LogP contribution in [0.5, 0.6) is 5.75 Å². The minimum absolute atomic E-state index is 0.0110. The fourth-order valence-corrected chi connectivity index (χ4v) is 10.3. The van der Waals surface area contributed by atoms with Crippen molar-refractivity contribution in [3.63, 3.8) is 0 Å². The van der Waals surface area contributed by atoms with Gasteiger partial charge in [0.15, 0.2) is 0 Å². The number of nitrogens with zero attached hydrogens (tertiary/aromatic N) is 3. The first-order chi connectivity index (χ1) is 27.4. The lowest BCUT2D eigenvalue weighted by Gasteiger charge is -2.46. The first kappa shape index (κ1) is 42.6. The molecule has 3 aliphatic heterocycles. The quantitative estimate of drug-likeness (QED) is 0.235. The van der Waals surface area contributed by atoms with E-state index in [0.717, 1.165) is 15.8 Å². The number of allylic oxidation sites excluding steroid dienone is 1. The summed E-state index contributed by atoms with van der Waals surface area (Å²) in [4.78, 5) is 62.0. The monoisotopic (exact) mass is 853 g/mol. The molecule has 1 aromatic carbocycles. The van der Waals surface area contributed by atoms with Crippen molar-refractivity contribution < 1.29 is 59.4 Å². The largest absolute Gasteiger partial charge is 0.483 e. The molecule has 3 fully saturated rings. The summed E-state index contributed by atoms with van der Waals surface area (Å²) < 4.78 is 107. The van der Waals surface area contributed by atoms with Gasteiger partial charge in [0.1, 0.15) is 34.5 Å². The van der Waals surface area contributed by atoms with Crippen LogP contribution in [0.3, 0.4) is 0 Å². The Morgan fingerprint density at radius 2 is 1.75 bits per heavy atom. The number of aryl methyl sites for hydroxylation is 2. The molecule has 3 N–H and O–H groups in total. The van der Waals surface area contributed by atoms with E-state index in [2.05, 4.69) is 15.0 Å². The van der Waals surface area contributed by atoms with Crippen LogP contribution >= 0.6 is 0 Å². The Kier molecular flexibility index (Phi) is 10.3. The summed E-state index contributed by atoms with van der Waals surface area (Å²) in [6, 6.07) is 3.70. The second kappa shape index (κ2) is 14.3. The molecule has 1 saturated heterocycles. The van der Waals surface area contributed by atoms with E-state index in [9.17, 15) is 45.9 Å². The van der Waals surface area contributed by atoms with Gasteiger partial charge in [0.2, 0.25) is 21.8 Å². The van der Waals surface area contributed by atoms with Gasteiger partial charge in [-0.1, -0.05) is 43.2 Å². The normalized spacial score (nSPS) is 29.2. The Bertz CT molecular complexity index is 2230. The average molecular weight is 854 g/mol. The standard InChI is InChI=1S/C40H48F5N5O8S/c1-23-30-26(25-13-10-11-14-27(25)46-23)16-17-37(58-30)21-29-31(51)47-38(33(53)48-59(56,57)36(4)18-19-36)20-24(38)12-8-6-5-7-9-15-28(32(52)49(29)22-37)50(34(54)55)35(2,3)39(41,42)40(43,44)45/h8,10-14,24,28-29H,5-7,9,15-22H2,1-4H3,(H,47,51)(H,48,53)(H,54,55)/b12-8-/t24-,28+,29+,37-,38-/m1/s1. The van der Waals surface area contributed by atoms with Crippen LogP contribution in [-0.4, -0.2) is 104 Å². The predicted octanol–water partition coefficient (Wildman–Crippen LogP) is 5.93. The van der Waals surface area contributed by atoms with Crippen molar-refractivity contribution in [2.75, 3.05) is 6.54 Å². The van der Waals surface area contributed by atoms with Crippen molar-refractivity contribution in [1.29, 1.82) is 0 Å². The van der Waals surface area contributed by atoms with Gasteiger partial charge in [0, 0.05) is 23.3 Å². The number of fused-ring (bicyclic) bond motifs is 5. The molecular weight excluding hydrogens is 806 g/mol. The van der Waals surface area contributed by atoms with Gasteiger partial charge in [-0.15, -0.1) is 0 Å². The van der Waals surface area contributed by atoms with Crippen LogP contribution in [0.1, 0.15) is 96.2 Å². The van der Waals surface area contributed by atoms with Gasteiger partial charge in [0.05, 0.1) is 22.5 Å². The fourth-order valence-electron chi connectivity index (χ4n) is 8.99. The highest BCUT2D eigenvalue weighted by Gasteiger charge is 2.71. The van der Waals surface area contributed by atoms with Crippen LogP contribution in [0.2, 0.25) is 0 Å². The number of hydrogen-bond acceptors (Lipinski definition) is 8. The second-order valence-electron chi connectivity index (χ2n) is 17.5. The van der Waals surface area contributed by atoms with Gasteiger partial charge >= 0.3 is 18.2 Å². The van der Waals surface area contributed by atoms with Crippen molar-refractivity contribution >= 4 is 44.7 Å². The van der Waals surface area contributed by atoms with Gasteiger partial charge in [0.25, 0.3) is 5.91 Å². The zero-order valence-electron chi connectivity index (χ0n) is 33.1. The van der Waals surface area contributed by atoms with Crippen LogP contribution in [0, 0.1) is 12.8 Å². The molecule has 13 nitrogen and oxygen atoms in total. The Balaban J connectivity index is 1.31. The summed E-state index contributed by atoms with van der Waals surface area (Å²) in [5.74, 6) is -8.98. The van der Waals surface area contributed by atoms with Gasteiger partial charge in [-0.25, -0.2) is 18.2 Å². The van der Waals surface area contributed by atoms with Crippen molar-refractivity contribution in [3.8, 4) is 5.75 Å². The molecule has 322 valence electrons. The zero-order chi connectivity index (χ0) is 43.1. The molecule has 19 heteroatoms. The minimum Gasteiger partial charge on any atom is -0.483 e. The molecule has 0 bridgehead atoms. The summed E-state index contributed by atoms with van der Waals surface area (Å²) in [7, 11) is -4.16. The van der Waals surface area contributed by atoms with Crippen LogP contribution in [-0.2, 0) is 30.8 Å². The molecule has 2 aliphatic carbocycles. The van der Waals surface area contributed by atoms with Crippen molar-refractivity contribution in [3.05, 3.63) is 47.7 Å². The number of hydrogen-bond donors (Lipinski definition) is 3. The second-order valence-corrected chi connectivity index (χ2v) is 19.7. The van der Waals surface area contributed by atoms with Crippen LogP contribution in [0.15, 0.2) is 36.4 Å². The summed E-state index contributed by atoms with van der Waals surface area (Å²) in [5, 5.41) is 13.9. The number of carbonyl (C=O) groups excluding carboxylic acids is 3. The van der Waals surface area contributed by atoms with Gasteiger partial charge in [-0.3, -0.25) is 24.0 Å². The highest BCUT2D eigenvalue weighted by Crippen LogP contribution is 2.50. The maximum Gasteiger partial charge on any atom is 0.455 e. The van der Waals surface area contributed by atoms with E-state index in [4.69, 9.17) is 4.74 Å². The third-order valence-corrected chi connectivity index (χ3v) is 15.3. The number of nitrogens with one attached hydrogen (secondary N) is 2. The molecule has 4 amide bonds. The number of sulfonamides is 1. The molecular formula is C40H48F5N5O8S. The molecule has 5 atom stereocenters. The number of rotatable bonds is 6. The van der Waals surface area contributed by atoms with E-state index >= 15 is 8.78 Å². The number of ether oxygens (including phenoxy) is 1. The lowest BCUT2D eigenvalue weighted by molar-refractivity contribution is -0.320. The number of carbonyl (C=O) groups is 4. The molecule has 0 radical (unpaired) electrons. The van der Waals surface area contributed by atoms with E-state index in [-0.39, 0.29) is 30.6 Å². The molecule has 4 heterocycles. The summed E-state index contributed by atoms with van der Waals surface area (Å²) in [6.45, 7) is 3.63. The van der Waals surface area contributed by atoms with Crippen molar-refractivity contribution in [1.82, 2.24) is 24.8 Å². The van der Waals surface area contributed by atoms with E-state index in [1.165, 1.54) is 6.92 Å². The molecule has 1 aromatic heterocycles. The maximum atomic E-state index is 15.3. The number of para-hydroxylation sites is 1. The highest BCUT2D eigenvalue weighted by atomic mass is 32.2. The zero-order valence-corrected chi connectivity index (χ0v) is 33.9. The number of benzene rings is 1. The molecule has 2 aromatic rings. The molecule has 59 heavy (non-hydrogen) atoms.